The molecule has 0 spiro atoms. The molecule has 0 saturated carbocycles. The number of carboxylic acid groups (broad SMARTS) is 1. The molecule has 0 bridgehead atoms. The first-order valence-corrected chi connectivity index (χ1v) is 3.35. The summed E-state index contributed by atoms with van der Waals surface area (Å²) in [6.45, 7) is 0. The Morgan fingerprint density at radius 3 is 2.57 bits per heavy atom. The molecule has 9 nitrogen and oxygen atoms in total. The van der Waals surface area contributed by atoms with Crippen molar-refractivity contribution < 1.29 is 15.1 Å². The smallest absolute Gasteiger partial charge is 0.356 e. The molecule has 1 heterocycles. The fourth-order valence-corrected chi connectivity index (χ4v) is 0.751. The third kappa shape index (κ3) is 1.56. The van der Waals surface area contributed by atoms with Gasteiger partial charge >= 0.3 is 5.97 Å². The van der Waals surface area contributed by atoms with Crippen LogP contribution in [0.2, 0.25) is 0 Å². The lowest BCUT2D eigenvalue weighted by Crippen LogP contribution is -2.34. The van der Waals surface area contributed by atoms with Crippen molar-refractivity contribution in [3.63, 3.8) is 0 Å². The first-order chi connectivity index (χ1) is 6.43. The molecule has 1 rings (SSSR count). The number of carbonyl (C=O) groups is 1. The van der Waals surface area contributed by atoms with Gasteiger partial charge in [0.05, 0.1) is 0 Å². The number of carboxylic acids is 1. The molecule has 0 amide bonds. The summed E-state index contributed by atoms with van der Waals surface area (Å²) in [6, 6.07) is 0. The Bertz CT molecular complexity index is 385. The molecule has 1 aromatic rings. The largest absolute Gasteiger partial charge is 0.476 e. The summed E-state index contributed by atoms with van der Waals surface area (Å²) in [5.74, 6) is -2.66. The number of hydrogen-bond donors (Lipinski definition) is 6. The van der Waals surface area contributed by atoms with Crippen LogP contribution in [0.1, 0.15) is 10.5 Å². The monoisotopic (exact) mass is 200 g/mol. The lowest BCUT2D eigenvalue weighted by Gasteiger charge is -2.08. The Labute approximate surface area is 77.4 Å². The number of hydroxylamine groups is 1. The average Bonchev–Trinajstić information content (AvgIpc) is 2.45. The van der Waals surface area contributed by atoms with Crippen molar-refractivity contribution in [2.24, 2.45) is 5.73 Å². The number of H-pyrrole nitrogens is 1. The Morgan fingerprint density at radius 2 is 2.21 bits per heavy atom. The van der Waals surface area contributed by atoms with Gasteiger partial charge in [-0.05, 0) is 0 Å². The number of guanidine groups is 1. The van der Waals surface area contributed by atoms with E-state index < -0.39 is 11.9 Å². The number of aromatic amines is 1. The fraction of sp³-hybridized carbons (Fsp3) is 0. The van der Waals surface area contributed by atoms with Gasteiger partial charge in [-0.15, -0.1) is 0 Å². The number of anilines is 2. The topological polar surface area (TPSA) is 165 Å². The van der Waals surface area contributed by atoms with Crippen LogP contribution in [0, 0.1) is 5.41 Å². The van der Waals surface area contributed by atoms with E-state index in [9.17, 15) is 4.79 Å². The van der Waals surface area contributed by atoms with Crippen LogP contribution in [0.5, 0.6) is 0 Å². The van der Waals surface area contributed by atoms with Crippen LogP contribution in [0.25, 0.3) is 0 Å². The molecule has 0 aromatic carbocycles. The number of nitrogens with two attached hydrogens (primary N) is 2. The van der Waals surface area contributed by atoms with Crippen molar-refractivity contribution in [3.05, 3.63) is 5.69 Å². The lowest BCUT2D eigenvalue weighted by atomic mass is 10.4. The number of nitrogens with one attached hydrogen (secondary N) is 2. The zero-order valence-electron chi connectivity index (χ0n) is 6.85. The van der Waals surface area contributed by atoms with Crippen LogP contribution >= 0.6 is 0 Å². The van der Waals surface area contributed by atoms with Crippen molar-refractivity contribution in [1.82, 2.24) is 9.97 Å². The van der Waals surface area contributed by atoms with E-state index in [1.807, 2.05) is 0 Å². The molecule has 14 heavy (non-hydrogen) atoms. The standard InChI is InChI=1S/C5H8N6O3/c6-2-1(3(12)13)9-5(10-2)11(14)4(7)8/h14H,6H2,(H3,7,8)(H,9,10)(H,12,13). The Hall–Kier alpha value is -2.29. The van der Waals surface area contributed by atoms with Gasteiger partial charge in [-0.25, -0.2) is 4.79 Å². The van der Waals surface area contributed by atoms with Gasteiger partial charge in [0.2, 0.25) is 11.9 Å². The van der Waals surface area contributed by atoms with Crippen LogP contribution in [0.4, 0.5) is 11.8 Å². The van der Waals surface area contributed by atoms with Crippen molar-refractivity contribution in [2.45, 2.75) is 0 Å². The predicted octanol–water partition coefficient (Wildman–Crippen LogP) is -1.22. The minimum absolute atomic E-state index is 0.169. The van der Waals surface area contributed by atoms with Crippen LogP contribution in [-0.2, 0) is 0 Å². The first-order valence-electron chi connectivity index (χ1n) is 3.35. The Kier molecular flexibility index (Phi) is 2.25. The van der Waals surface area contributed by atoms with E-state index in [0.717, 1.165) is 0 Å². The second-order valence-electron chi connectivity index (χ2n) is 2.32. The lowest BCUT2D eigenvalue weighted by molar-refractivity contribution is 0.0692. The minimum atomic E-state index is -1.32. The molecule has 0 saturated heterocycles. The van der Waals surface area contributed by atoms with Gasteiger partial charge in [-0.1, -0.05) is 0 Å². The number of nitrogens with zero attached hydrogens (tertiary/aromatic N) is 2. The first kappa shape index (κ1) is 9.80. The maximum atomic E-state index is 10.5. The molecule has 1 aromatic heterocycles. The Morgan fingerprint density at radius 1 is 1.64 bits per heavy atom. The second kappa shape index (κ2) is 3.22. The number of rotatable bonds is 2. The highest BCUT2D eigenvalue weighted by Crippen LogP contribution is 2.13. The molecule has 76 valence electrons. The van der Waals surface area contributed by atoms with Gasteiger partial charge in [-0.2, -0.15) is 10.0 Å². The van der Waals surface area contributed by atoms with Crippen LogP contribution in [-0.4, -0.2) is 32.2 Å². The van der Waals surface area contributed by atoms with E-state index in [1.54, 1.807) is 0 Å². The van der Waals surface area contributed by atoms with Gasteiger partial charge < -0.3 is 21.6 Å². The van der Waals surface area contributed by atoms with E-state index >= 15 is 0 Å². The summed E-state index contributed by atoms with van der Waals surface area (Å²) in [7, 11) is 0. The van der Waals surface area contributed by atoms with E-state index in [-0.39, 0.29) is 22.5 Å². The summed E-state index contributed by atoms with van der Waals surface area (Å²) >= 11 is 0. The molecule has 8 N–H and O–H groups in total. The van der Waals surface area contributed by atoms with E-state index in [0.29, 0.717) is 0 Å². The predicted molar refractivity (Wildman–Crippen MR) is 46.1 cm³/mol. The SMILES string of the molecule is N=C(N)N(O)c1nc(N)c(C(=O)O)[nH]1. The Balaban J connectivity index is 3.08. The fourth-order valence-electron chi connectivity index (χ4n) is 0.751. The number of nitrogen functional groups attached to an aromatic ring is 1. The number of imidazole rings is 1. The van der Waals surface area contributed by atoms with Crippen LogP contribution in [0.15, 0.2) is 0 Å². The maximum absolute atomic E-state index is 10.5. The number of hydrogen-bond acceptors (Lipinski definition) is 5. The normalized spacial score (nSPS) is 9.79. The zero-order chi connectivity index (χ0) is 10.9. The van der Waals surface area contributed by atoms with Crippen molar-refractivity contribution in [1.29, 1.82) is 5.41 Å². The summed E-state index contributed by atoms with van der Waals surface area (Å²) in [5, 5.41) is 24.6. The molecule has 0 radical (unpaired) electrons. The highest BCUT2D eigenvalue weighted by molar-refractivity contribution is 5.93. The van der Waals surface area contributed by atoms with Crippen molar-refractivity contribution >= 4 is 23.7 Å². The molecular weight excluding hydrogens is 192 g/mol. The third-order valence-corrected chi connectivity index (χ3v) is 1.36. The van der Waals surface area contributed by atoms with Crippen molar-refractivity contribution in [3.8, 4) is 0 Å². The summed E-state index contributed by atoms with van der Waals surface area (Å²) < 4.78 is 0. The van der Waals surface area contributed by atoms with Gasteiger partial charge in [0.1, 0.15) is 0 Å². The van der Waals surface area contributed by atoms with Gasteiger partial charge in [-0.3, -0.25) is 10.6 Å². The molecule has 0 aliphatic rings. The average molecular weight is 200 g/mol. The maximum Gasteiger partial charge on any atom is 0.356 e. The molecule has 0 aliphatic heterocycles. The zero-order valence-corrected chi connectivity index (χ0v) is 6.85. The highest BCUT2D eigenvalue weighted by Gasteiger charge is 2.18. The summed E-state index contributed by atoms with van der Waals surface area (Å²) in [4.78, 5) is 16.1. The van der Waals surface area contributed by atoms with Crippen LogP contribution in [0.3, 0.4) is 0 Å². The molecule has 0 fully saturated rings. The van der Waals surface area contributed by atoms with Crippen LogP contribution < -0.4 is 16.5 Å². The quantitative estimate of drug-likeness (QED) is 0.197. The second-order valence-corrected chi connectivity index (χ2v) is 2.32. The number of aromatic carboxylic acids is 1. The summed E-state index contributed by atoms with van der Waals surface area (Å²) in [5.41, 5.74) is 9.75. The molecule has 0 aliphatic carbocycles. The molecule has 0 unspecified atom stereocenters. The molecule has 9 heteroatoms. The third-order valence-electron chi connectivity index (χ3n) is 1.36. The van der Waals surface area contributed by atoms with Gasteiger partial charge in [0.15, 0.2) is 11.5 Å². The van der Waals surface area contributed by atoms with Gasteiger partial charge in [0.25, 0.3) is 0 Å². The van der Waals surface area contributed by atoms with Gasteiger partial charge in [0, 0.05) is 0 Å². The highest BCUT2D eigenvalue weighted by atomic mass is 16.5. The minimum Gasteiger partial charge on any atom is -0.476 e. The number of aromatic nitrogens is 2. The van der Waals surface area contributed by atoms with Crippen molar-refractivity contribution in [2.75, 3.05) is 10.8 Å². The van der Waals surface area contributed by atoms with E-state index in [2.05, 4.69) is 9.97 Å². The molecule has 0 atom stereocenters. The molecular formula is C5H8N6O3. The summed E-state index contributed by atoms with van der Waals surface area (Å²) in [6.07, 6.45) is 0. The van der Waals surface area contributed by atoms with E-state index in [4.69, 9.17) is 27.2 Å². The van der Waals surface area contributed by atoms with E-state index in [1.165, 1.54) is 0 Å².